The summed E-state index contributed by atoms with van der Waals surface area (Å²) in [6.45, 7) is 3.55. The number of Topliss-reactive ketones (excluding diaryl/α,β-unsaturated/α-hetero) is 1. The van der Waals surface area contributed by atoms with Crippen LogP contribution in [0.25, 0.3) is 0 Å². The number of halogens is 1. The number of carbonyl (C=O) groups excluding carboxylic acids is 1. The first kappa shape index (κ1) is 7.94. The third kappa shape index (κ3) is 1.67. The van der Waals surface area contributed by atoms with Crippen molar-refractivity contribution in [3.05, 3.63) is 32.5 Å². The molecule has 0 amide bonds. The number of allylic oxidation sites excluding steroid dienone is 1. The zero-order chi connectivity index (χ0) is 7.56. The molecule has 3 heteroatoms. The maximum absolute atomic E-state index is 11.1. The smallest absolute Gasteiger partial charge is 0.199 e. The van der Waals surface area contributed by atoms with Gasteiger partial charge in [-0.3, -0.25) is 4.79 Å². The number of thiophene rings is 1. The van der Waals surface area contributed by atoms with E-state index < -0.39 is 0 Å². The highest BCUT2D eigenvalue weighted by molar-refractivity contribution is 14.1. The molecule has 0 aliphatic heterocycles. The monoisotopic (exact) mass is 264 g/mol. The van der Waals surface area contributed by atoms with Gasteiger partial charge in [0, 0.05) is 10.9 Å². The second-order valence-corrected chi connectivity index (χ2v) is 3.83. The molecule has 1 nitrogen and oxygen atoms in total. The summed E-state index contributed by atoms with van der Waals surface area (Å²) in [7, 11) is 0. The van der Waals surface area contributed by atoms with Crippen molar-refractivity contribution in [1.82, 2.24) is 0 Å². The van der Waals surface area contributed by atoms with E-state index in [2.05, 4.69) is 6.58 Å². The van der Waals surface area contributed by atoms with Crippen molar-refractivity contribution in [3.8, 4) is 0 Å². The maximum Gasteiger partial charge on any atom is 0.199 e. The molecule has 0 saturated carbocycles. The van der Waals surface area contributed by atoms with Gasteiger partial charge in [0.25, 0.3) is 0 Å². The number of carbonyl (C=O) groups is 1. The van der Waals surface area contributed by atoms with Gasteiger partial charge in [-0.15, -0.1) is 0 Å². The largest absolute Gasteiger partial charge is 0.288 e. The van der Waals surface area contributed by atoms with Gasteiger partial charge in [0.1, 0.15) is 0 Å². The molecule has 0 aliphatic carbocycles. The normalized spacial score (nSPS) is 9.30. The molecule has 1 rings (SSSR count). The first-order valence-corrected chi connectivity index (χ1v) is 4.65. The molecule has 0 atom stereocenters. The number of hydrogen-bond acceptors (Lipinski definition) is 2. The van der Waals surface area contributed by atoms with E-state index in [0.717, 1.165) is 5.56 Å². The highest BCUT2D eigenvalue weighted by Gasteiger charge is 2.06. The lowest BCUT2D eigenvalue weighted by Gasteiger charge is -1.89. The predicted molar refractivity (Wildman–Crippen MR) is 51.8 cm³/mol. The Labute approximate surface area is 76.9 Å². The van der Waals surface area contributed by atoms with Crippen LogP contribution in [0.3, 0.4) is 0 Å². The lowest BCUT2D eigenvalue weighted by Crippen LogP contribution is -1.93. The number of hydrogen-bond donors (Lipinski definition) is 0. The summed E-state index contributed by atoms with van der Waals surface area (Å²) >= 11 is 3.45. The first-order chi connectivity index (χ1) is 4.72. The van der Waals surface area contributed by atoms with Gasteiger partial charge in [0.05, 0.1) is 3.58 Å². The van der Waals surface area contributed by atoms with Crippen LogP contribution in [0.5, 0.6) is 0 Å². The molecule has 0 radical (unpaired) electrons. The minimum atomic E-state index is 0.0295. The summed E-state index contributed by atoms with van der Waals surface area (Å²) in [6.07, 6.45) is 0. The molecule has 1 aromatic rings. The van der Waals surface area contributed by atoms with E-state index in [1.807, 2.05) is 33.4 Å². The van der Waals surface area contributed by atoms with Gasteiger partial charge < -0.3 is 0 Å². The Morgan fingerprint density at radius 2 is 2.40 bits per heavy atom. The van der Waals surface area contributed by atoms with Gasteiger partial charge in [0.2, 0.25) is 0 Å². The number of ketones is 1. The summed E-state index contributed by atoms with van der Waals surface area (Å²) < 4.78 is 0.566. The van der Waals surface area contributed by atoms with Crippen molar-refractivity contribution < 1.29 is 4.79 Å². The molecule has 52 valence electrons. The molecule has 0 spiro atoms. The molecule has 0 fully saturated rings. The summed E-state index contributed by atoms with van der Waals surface area (Å²) in [6, 6.07) is 1.80. The van der Waals surface area contributed by atoms with Crippen molar-refractivity contribution in [1.29, 1.82) is 0 Å². The number of rotatable bonds is 2. The third-order valence-electron chi connectivity index (χ3n) is 1.03. The van der Waals surface area contributed by atoms with Crippen LogP contribution < -0.4 is 0 Å². The fourth-order valence-corrected chi connectivity index (χ4v) is 1.50. The Morgan fingerprint density at radius 1 is 1.70 bits per heavy atom. The Balaban J connectivity index is 2.88. The molecule has 0 aliphatic rings. The maximum atomic E-state index is 11.1. The lowest BCUT2D eigenvalue weighted by molar-refractivity contribution is 0.104. The molecule has 0 N–H and O–H groups in total. The van der Waals surface area contributed by atoms with Crippen LogP contribution in [0.4, 0.5) is 0 Å². The topological polar surface area (TPSA) is 17.1 Å². The highest BCUT2D eigenvalue weighted by Crippen LogP contribution is 2.14. The summed E-state index contributed by atoms with van der Waals surface area (Å²) in [4.78, 5) is 11.1. The van der Waals surface area contributed by atoms with E-state index >= 15 is 0 Å². The van der Waals surface area contributed by atoms with E-state index in [-0.39, 0.29) is 5.78 Å². The molecule has 10 heavy (non-hydrogen) atoms. The van der Waals surface area contributed by atoms with Crippen LogP contribution in [-0.2, 0) is 0 Å². The van der Waals surface area contributed by atoms with Crippen LogP contribution in [-0.4, -0.2) is 5.78 Å². The molecular weight excluding hydrogens is 259 g/mol. The standard InChI is InChI=1S/C7H5IOS/c1-5(8)7(9)6-2-3-10-4-6/h2-4H,1H2. The van der Waals surface area contributed by atoms with Crippen LogP contribution in [0.15, 0.2) is 27.0 Å². The molecule has 0 saturated heterocycles. The second kappa shape index (κ2) is 3.30. The zero-order valence-corrected chi connectivity index (χ0v) is 8.11. The summed E-state index contributed by atoms with van der Waals surface area (Å²) in [5.74, 6) is 0.0295. The van der Waals surface area contributed by atoms with E-state index in [9.17, 15) is 4.79 Å². The minimum Gasteiger partial charge on any atom is -0.288 e. The van der Waals surface area contributed by atoms with Crippen LogP contribution in [0, 0.1) is 0 Å². The van der Waals surface area contributed by atoms with Crippen molar-refractivity contribution in [2.75, 3.05) is 0 Å². The molecule has 1 heterocycles. The zero-order valence-electron chi connectivity index (χ0n) is 5.13. The Morgan fingerprint density at radius 3 is 2.80 bits per heavy atom. The molecule has 0 bridgehead atoms. The quantitative estimate of drug-likeness (QED) is 0.456. The molecule has 0 aromatic carbocycles. The Kier molecular flexibility index (Phi) is 2.62. The first-order valence-electron chi connectivity index (χ1n) is 2.63. The second-order valence-electron chi connectivity index (χ2n) is 1.75. The van der Waals surface area contributed by atoms with Gasteiger partial charge in [0.15, 0.2) is 5.78 Å². The van der Waals surface area contributed by atoms with Crippen molar-refractivity contribution in [2.24, 2.45) is 0 Å². The molecular formula is C7H5IOS. The third-order valence-corrected chi connectivity index (χ3v) is 2.20. The van der Waals surface area contributed by atoms with E-state index in [4.69, 9.17) is 0 Å². The van der Waals surface area contributed by atoms with Gasteiger partial charge in [-0.05, 0) is 34.0 Å². The highest BCUT2D eigenvalue weighted by atomic mass is 127. The van der Waals surface area contributed by atoms with E-state index in [0.29, 0.717) is 3.58 Å². The Bertz CT molecular complexity index is 251. The van der Waals surface area contributed by atoms with Gasteiger partial charge >= 0.3 is 0 Å². The lowest BCUT2D eigenvalue weighted by atomic mass is 10.2. The van der Waals surface area contributed by atoms with Crippen LogP contribution in [0.1, 0.15) is 10.4 Å². The van der Waals surface area contributed by atoms with Gasteiger partial charge in [-0.25, -0.2) is 0 Å². The van der Waals surface area contributed by atoms with E-state index in [1.54, 1.807) is 6.07 Å². The van der Waals surface area contributed by atoms with Crippen LogP contribution in [0.2, 0.25) is 0 Å². The summed E-state index contributed by atoms with van der Waals surface area (Å²) in [5.41, 5.74) is 0.740. The molecule has 1 aromatic heterocycles. The van der Waals surface area contributed by atoms with Crippen molar-refractivity contribution in [2.45, 2.75) is 0 Å². The fraction of sp³-hybridized carbons (Fsp3) is 0. The van der Waals surface area contributed by atoms with E-state index in [1.165, 1.54) is 11.3 Å². The van der Waals surface area contributed by atoms with Gasteiger partial charge in [-0.2, -0.15) is 11.3 Å². The fourth-order valence-electron chi connectivity index (χ4n) is 0.550. The average molecular weight is 264 g/mol. The Hall–Kier alpha value is -0.160. The van der Waals surface area contributed by atoms with Gasteiger partial charge in [-0.1, -0.05) is 6.58 Å². The van der Waals surface area contributed by atoms with Crippen molar-refractivity contribution >= 4 is 39.7 Å². The predicted octanol–water partition coefficient (Wildman–Crippen LogP) is 2.88. The van der Waals surface area contributed by atoms with Crippen molar-refractivity contribution in [3.63, 3.8) is 0 Å². The average Bonchev–Trinajstić information content (AvgIpc) is 2.36. The summed E-state index contributed by atoms with van der Waals surface area (Å²) in [5, 5.41) is 3.71. The molecule has 0 unspecified atom stereocenters. The minimum absolute atomic E-state index is 0.0295. The van der Waals surface area contributed by atoms with Crippen LogP contribution >= 0.6 is 33.9 Å². The SMILES string of the molecule is C=C(I)C(=O)c1ccsc1.